The van der Waals surface area contributed by atoms with Gasteiger partial charge in [-0.05, 0) is 43.4 Å². The second-order valence-electron chi connectivity index (χ2n) is 6.72. The van der Waals surface area contributed by atoms with Gasteiger partial charge >= 0.3 is 0 Å². The Morgan fingerprint density at radius 2 is 2.09 bits per heavy atom. The molecule has 2 heterocycles. The zero-order valence-electron chi connectivity index (χ0n) is 12.6. The van der Waals surface area contributed by atoms with Gasteiger partial charge in [0.05, 0.1) is 6.04 Å². The monoisotopic (exact) mass is 337 g/mol. The van der Waals surface area contributed by atoms with Crippen LogP contribution in [-0.2, 0) is 9.54 Å². The van der Waals surface area contributed by atoms with E-state index in [9.17, 15) is 13.6 Å². The molecule has 1 aromatic heterocycles. The van der Waals surface area contributed by atoms with Crippen LogP contribution in [0.5, 0.6) is 0 Å². The van der Waals surface area contributed by atoms with E-state index in [0.717, 1.165) is 5.56 Å². The highest BCUT2D eigenvalue weighted by Gasteiger charge is 2.57. The molecule has 3 fully saturated rings. The van der Waals surface area contributed by atoms with Crippen LogP contribution in [0.4, 0.5) is 8.78 Å². The summed E-state index contributed by atoms with van der Waals surface area (Å²) >= 11 is 1.36. The number of rotatable bonds is 2. The molecule has 0 aromatic carbocycles. The number of amides is 1. The van der Waals surface area contributed by atoms with Crippen molar-refractivity contribution in [3.05, 3.63) is 30.1 Å². The fraction of sp³-hybridized carbons (Fsp3) is 0.562. The smallest absolute Gasteiger partial charge is 0.251 e. The largest absolute Gasteiger partial charge is 0.304 e. The molecule has 7 heteroatoms. The number of hydrogen-bond donors (Lipinski definition) is 1. The molecule has 0 radical (unpaired) electrons. The predicted molar refractivity (Wildman–Crippen MR) is 84.3 cm³/mol. The van der Waals surface area contributed by atoms with Gasteiger partial charge in [-0.3, -0.25) is 14.8 Å². The highest BCUT2D eigenvalue weighted by atomic mass is 32.2. The molecule has 4 nitrogen and oxygen atoms in total. The number of pyridine rings is 1. The van der Waals surface area contributed by atoms with Crippen molar-refractivity contribution in [2.75, 3.05) is 0 Å². The van der Waals surface area contributed by atoms with Crippen LogP contribution in [0, 0.1) is 11.8 Å². The van der Waals surface area contributed by atoms with Crippen LogP contribution in [0.15, 0.2) is 29.5 Å². The van der Waals surface area contributed by atoms with Crippen molar-refractivity contribution in [3.63, 3.8) is 0 Å². The Labute approximate surface area is 137 Å². The van der Waals surface area contributed by atoms with Crippen molar-refractivity contribution in [3.8, 4) is 0 Å². The number of carbonyl (C=O) groups excluding carboxylic acids is 1. The van der Waals surface area contributed by atoms with Gasteiger partial charge in [-0.2, -0.15) is 0 Å². The van der Waals surface area contributed by atoms with Crippen molar-refractivity contribution in [1.29, 1.82) is 0 Å². The number of nitrogens with one attached hydrogen (secondary N) is 1. The third-order valence-corrected chi connectivity index (χ3v) is 6.49. The maximum Gasteiger partial charge on any atom is 0.251 e. The zero-order chi connectivity index (χ0) is 16.2. The number of hydrogen-bond acceptors (Lipinski definition) is 4. The van der Waals surface area contributed by atoms with E-state index in [1.807, 2.05) is 19.1 Å². The topological polar surface area (TPSA) is 54.4 Å². The molecule has 2 bridgehead atoms. The maximum atomic E-state index is 13.6. The molecule has 2 aliphatic carbocycles. The quantitative estimate of drug-likeness (QED) is 0.903. The molecule has 4 rings (SSSR count). The number of fused-ring (bicyclic) bond motifs is 2. The van der Waals surface area contributed by atoms with Crippen molar-refractivity contribution < 1.29 is 13.6 Å². The molecular weight excluding hydrogens is 320 g/mol. The van der Waals surface area contributed by atoms with Crippen LogP contribution in [0.2, 0.25) is 0 Å². The molecule has 1 N–H and O–H groups in total. The van der Waals surface area contributed by atoms with E-state index in [0.29, 0.717) is 18.0 Å². The fourth-order valence-corrected chi connectivity index (χ4v) is 5.01. The van der Waals surface area contributed by atoms with Gasteiger partial charge in [-0.25, -0.2) is 8.78 Å². The Hall–Kier alpha value is -1.50. The Morgan fingerprint density at radius 3 is 2.70 bits per heavy atom. The summed E-state index contributed by atoms with van der Waals surface area (Å²) in [6, 6.07) is 3.53. The lowest BCUT2D eigenvalue weighted by atomic mass is 9.93. The lowest BCUT2D eigenvalue weighted by Gasteiger charge is -2.25. The summed E-state index contributed by atoms with van der Waals surface area (Å²) in [6.07, 6.45) is 4.21. The summed E-state index contributed by atoms with van der Waals surface area (Å²) in [4.78, 5) is 21.0. The maximum absolute atomic E-state index is 13.6. The number of amidine groups is 1. The second-order valence-corrected chi connectivity index (χ2v) is 8.13. The summed E-state index contributed by atoms with van der Waals surface area (Å²) in [6.45, 7) is 1.85. The molecule has 1 aromatic rings. The van der Waals surface area contributed by atoms with E-state index in [-0.39, 0.29) is 24.3 Å². The van der Waals surface area contributed by atoms with E-state index in [1.54, 1.807) is 12.4 Å². The highest BCUT2D eigenvalue weighted by Crippen LogP contribution is 2.55. The second kappa shape index (κ2) is 5.00. The average Bonchev–Trinajstić information content (AvgIpc) is 3.12. The average molecular weight is 337 g/mol. The number of thioether (sulfide) groups is 1. The first-order chi connectivity index (χ1) is 10.9. The summed E-state index contributed by atoms with van der Waals surface area (Å²) in [5.74, 6) is -3.26. The third kappa shape index (κ3) is 2.36. The molecule has 3 aliphatic rings. The van der Waals surface area contributed by atoms with E-state index in [4.69, 9.17) is 0 Å². The molecule has 0 unspecified atom stereocenters. The number of halogens is 2. The summed E-state index contributed by atoms with van der Waals surface area (Å²) < 4.78 is 26.5. The van der Waals surface area contributed by atoms with Crippen LogP contribution < -0.4 is 5.32 Å². The van der Waals surface area contributed by atoms with Gasteiger partial charge in [-0.1, -0.05) is 11.8 Å². The number of nitrogens with zero attached hydrogens (tertiary/aromatic N) is 2. The first kappa shape index (κ1) is 15.1. The Kier molecular flexibility index (Phi) is 3.27. The number of carbonyl (C=O) groups is 1. The van der Waals surface area contributed by atoms with Gasteiger partial charge in [0.15, 0.2) is 5.17 Å². The molecule has 0 spiro atoms. The molecule has 1 amide bonds. The van der Waals surface area contributed by atoms with E-state index in [2.05, 4.69) is 15.3 Å². The highest BCUT2D eigenvalue weighted by molar-refractivity contribution is 8.15. The SMILES string of the molecule is C[C@@]1(c2ccncc2)SC(=N[C@H]2C[C@H]3C[C@@H]2CC3(F)F)NC1=O. The van der Waals surface area contributed by atoms with Gasteiger partial charge < -0.3 is 5.32 Å². The number of aliphatic imine (C=N–C) groups is 1. The molecule has 23 heavy (non-hydrogen) atoms. The van der Waals surface area contributed by atoms with E-state index >= 15 is 0 Å². The Bertz CT molecular complexity index is 681. The molecule has 1 saturated heterocycles. The Balaban J connectivity index is 1.54. The van der Waals surface area contributed by atoms with Crippen LogP contribution in [0.1, 0.15) is 31.7 Å². The minimum Gasteiger partial charge on any atom is -0.304 e. The van der Waals surface area contributed by atoms with Gasteiger partial charge in [0.25, 0.3) is 5.92 Å². The van der Waals surface area contributed by atoms with Crippen LogP contribution in [0.3, 0.4) is 0 Å². The summed E-state index contributed by atoms with van der Waals surface area (Å²) in [7, 11) is 0. The van der Waals surface area contributed by atoms with Gasteiger partial charge in [-0.15, -0.1) is 0 Å². The Morgan fingerprint density at radius 1 is 1.35 bits per heavy atom. The fourth-order valence-electron chi connectivity index (χ4n) is 3.89. The van der Waals surface area contributed by atoms with Gasteiger partial charge in [0.2, 0.25) is 5.91 Å². The minimum atomic E-state index is -2.53. The van der Waals surface area contributed by atoms with Crippen molar-refractivity contribution >= 4 is 22.8 Å². The zero-order valence-corrected chi connectivity index (χ0v) is 13.4. The molecule has 4 atom stereocenters. The standard InChI is InChI=1S/C16H17F2N3OS/c1-15(10-2-4-19-5-3-10)13(22)21-14(23-15)20-12-7-11-6-9(12)8-16(11,17)18/h2-5,9,11-12H,6-8H2,1H3,(H,20,21,22)/t9-,11-,12+,15+/m1/s1. The van der Waals surface area contributed by atoms with Gasteiger partial charge in [0.1, 0.15) is 4.75 Å². The van der Waals surface area contributed by atoms with Crippen molar-refractivity contribution in [2.45, 2.75) is 42.9 Å². The van der Waals surface area contributed by atoms with E-state index in [1.165, 1.54) is 11.8 Å². The van der Waals surface area contributed by atoms with E-state index < -0.39 is 16.6 Å². The number of aromatic nitrogens is 1. The lowest BCUT2D eigenvalue weighted by molar-refractivity contribution is -0.121. The van der Waals surface area contributed by atoms with Crippen LogP contribution >= 0.6 is 11.8 Å². The predicted octanol–water partition coefficient (Wildman–Crippen LogP) is 2.95. The molecule has 2 saturated carbocycles. The van der Waals surface area contributed by atoms with Crippen LogP contribution in [-0.4, -0.2) is 28.0 Å². The van der Waals surface area contributed by atoms with Crippen molar-refractivity contribution in [2.24, 2.45) is 16.8 Å². The third-order valence-electron chi connectivity index (χ3n) is 5.26. The minimum absolute atomic E-state index is 0.0622. The first-order valence-electron chi connectivity index (χ1n) is 7.75. The molecule has 122 valence electrons. The first-order valence-corrected chi connectivity index (χ1v) is 8.57. The van der Waals surface area contributed by atoms with Crippen molar-refractivity contribution in [1.82, 2.24) is 10.3 Å². The molecule has 1 aliphatic heterocycles. The molecular formula is C16H17F2N3OS. The van der Waals surface area contributed by atoms with Crippen LogP contribution in [0.25, 0.3) is 0 Å². The summed E-state index contributed by atoms with van der Waals surface area (Å²) in [5, 5.41) is 3.37. The lowest BCUT2D eigenvalue weighted by Crippen LogP contribution is -2.33. The van der Waals surface area contributed by atoms with Gasteiger partial charge in [0, 0.05) is 24.7 Å². The normalized spacial score (nSPS) is 39.9. The number of alkyl halides is 2. The summed E-state index contributed by atoms with van der Waals surface area (Å²) in [5.41, 5.74) is 0.861.